The summed E-state index contributed by atoms with van der Waals surface area (Å²) in [7, 11) is 2.02. The summed E-state index contributed by atoms with van der Waals surface area (Å²) in [4.78, 5) is 13.9. The third kappa shape index (κ3) is 3.33. The number of carbonyl (C=O) groups is 1. The van der Waals surface area contributed by atoms with Crippen LogP contribution in [0, 0.1) is 0 Å². The molecule has 0 bridgehead atoms. The van der Waals surface area contributed by atoms with Gasteiger partial charge in [0.05, 0.1) is 0 Å². The van der Waals surface area contributed by atoms with E-state index in [0.717, 1.165) is 19.5 Å². The molecule has 1 heterocycles. The highest BCUT2D eigenvalue weighted by molar-refractivity contribution is 5.94. The van der Waals surface area contributed by atoms with Crippen LogP contribution < -0.4 is 11.1 Å². The smallest absolute Gasteiger partial charge is 0.220 e. The van der Waals surface area contributed by atoms with E-state index in [1.807, 2.05) is 14.0 Å². The lowest BCUT2D eigenvalue weighted by Gasteiger charge is -2.40. The third-order valence-electron chi connectivity index (χ3n) is 3.29. The Labute approximate surface area is 102 Å². The zero-order chi connectivity index (χ0) is 12.9. The Hall–Kier alpha value is -1.30. The second kappa shape index (κ2) is 5.86. The minimum Gasteiger partial charge on any atom is -0.409 e. The number of hydrogen-bond acceptors (Lipinski definition) is 4. The molecule has 0 aromatic rings. The summed E-state index contributed by atoms with van der Waals surface area (Å²) in [6.07, 6.45) is 2.61. The fourth-order valence-corrected chi connectivity index (χ4v) is 2.10. The van der Waals surface area contributed by atoms with E-state index in [9.17, 15) is 4.79 Å². The minimum absolute atomic E-state index is 0.0383. The van der Waals surface area contributed by atoms with Gasteiger partial charge in [-0.3, -0.25) is 4.79 Å². The van der Waals surface area contributed by atoms with Gasteiger partial charge in [0.1, 0.15) is 5.54 Å². The zero-order valence-corrected chi connectivity index (χ0v) is 10.6. The monoisotopic (exact) mass is 242 g/mol. The van der Waals surface area contributed by atoms with E-state index in [1.54, 1.807) is 0 Å². The van der Waals surface area contributed by atoms with Crippen LogP contribution in [0.2, 0.25) is 0 Å². The van der Waals surface area contributed by atoms with Crippen molar-refractivity contribution in [2.75, 3.05) is 20.1 Å². The minimum atomic E-state index is -0.673. The van der Waals surface area contributed by atoms with E-state index in [0.29, 0.717) is 19.3 Å². The van der Waals surface area contributed by atoms with Crippen molar-refractivity contribution in [3.63, 3.8) is 0 Å². The molecule has 1 saturated heterocycles. The molecule has 98 valence electrons. The van der Waals surface area contributed by atoms with E-state index in [2.05, 4.69) is 15.4 Å². The van der Waals surface area contributed by atoms with Gasteiger partial charge in [-0.1, -0.05) is 12.1 Å². The van der Waals surface area contributed by atoms with Crippen LogP contribution in [-0.4, -0.2) is 47.5 Å². The van der Waals surface area contributed by atoms with Gasteiger partial charge in [-0.25, -0.2) is 0 Å². The highest BCUT2D eigenvalue weighted by Crippen LogP contribution is 2.22. The summed E-state index contributed by atoms with van der Waals surface area (Å²) in [5.74, 6) is 0.0682. The Morgan fingerprint density at radius 1 is 1.53 bits per heavy atom. The molecule has 4 N–H and O–H groups in total. The second-order valence-corrected chi connectivity index (χ2v) is 4.67. The number of nitrogens with one attached hydrogen (secondary N) is 1. The van der Waals surface area contributed by atoms with E-state index in [4.69, 9.17) is 10.9 Å². The Morgan fingerprint density at radius 2 is 2.12 bits per heavy atom. The van der Waals surface area contributed by atoms with Crippen molar-refractivity contribution in [2.24, 2.45) is 10.9 Å². The van der Waals surface area contributed by atoms with Crippen molar-refractivity contribution in [1.29, 1.82) is 0 Å². The predicted octanol–water partition coefficient (Wildman–Crippen LogP) is 0.114. The number of amidine groups is 1. The molecule has 0 aliphatic carbocycles. The number of piperidine rings is 1. The van der Waals surface area contributed by atoms with E-state index in [1.165, 1.54) is 0 Å². The number of carbonyl (C=O) groups excluding carboxylic acids is 1. The van der Waals surface area contributed by atoms with Gasteiger partial charge in [-0.15, -0.1) is 0 Å². The van der Waals surface area contributed by atoms with Crippen molar-refractivity contribution in [2.45, 2.75) is 38.1 Å². The van der Waals surface area contributed by atoms with Gasteiger partial charge >= 0.3 is 0 Å². The van der Waals surface area contributed by atoms with Crippen LogP contribution in [-0.2, 0) is 4.79 Å². The largest absolute Gasteiger partial charge is 0.409 e. The van der Waals surface area contributed by atoms with Gasteiger partial charge in [0.25, 0.3) is 0 Å². The van der Waals surface area contributed by atoms with Crippen LogP contribution in [0.15, 0.2) is 5.16 Å². The Morgan fingerprint density at radius 3 is 2.59 bits per heavy atom. The fraction of sp³-hybridized carbons (Fsp3) is 0.818. The molecule has 1 aliphatic heterocycles. The van der Waals surface area contributed by atoms with Crippen LogP contribution in [0.1, 0.15) is 32.6 Å². The van der Waals surface area contributed by atoms with Crippen LogP contribution in [0.25, 0.3) is 0 Å². The van der Waals surface area contributed by atoms with E-state index >= 15 is 0 Å². The SMILES string of the molecule is CCCC(=O)NC1(C(N)=NO)CCN(C)CC1. The topological polar surface area (TPSA) is 91.0 Å². The maximum absolute atomic E-state index is 11.7. The standard InChI is InChI=1S/C11H22N4O2/c1-3-4-9(16)13-11(10(12)14-17)5-7-15(2)8-6-11/h17H,3-8H2,1-2H3,(H2,12,14)(H,13,16). The third-order valence-corrected chi connectivity index (χ3v) is 3.29. The molecule has 0 spiro atoms. The van der Waals surface area contributed by atoms with Crippen LogP contribution >= 0.6 is 0 Å². The zero-order valence-electron chi connectivity index (χ0n) is 10.6. The maximum atomic E-state index is 11.7. The summed E-state index contributed by atoms with van der Waals surface area (Å²) in [6.45, 7) is 3.59. The first-order valence-electron chi connectivity index (χ1n) is 6.01. The van der Waals surface area contributed by atoms with Crippen molar-refractivity contribution in [1.82, 2.24) is 10.2 Å². The average molecular weight is 242 g/mol. The molecule has 0 saturated carbocycles. The summed E-state index contributed by atoms with van der Waals surface area (Å²) in [5.41, 5.74) is 5.07. The van der Waals surface area contributed by atoms with Crippen molar-refractivity contribution < 1.29 is 10.0 Å². The molecule has 0 aromatic carbocycles. The lowest BCUT2D eigenvalue weighted by Crippen LogP contribution is -2.62. The van der Waals surface area contributed by atoms with Crippen molar-refractivity contribution in [3.05, 3.63) is 0 Å². The Balaban J connectivity index is 2.77. The number of nitrogens with zero attached hydrogens (tertiary/aromatic N) is 2. The molecule has 0 atom stereocenters. The van der Waals surface area contributed by atoms with Crippen LogP contribution in [0.3, 0.4) is 0 Å². The number of nitrogens with two attached hydrogens (primary N) is 1. The number of hydrogen-bond donors (Lipinski definition) is 3. The molecule has 1 rings (SSSR count). The number of likely N-dealkylation sites (tertiary alicyclic amines) is 1. The molecule has 1 amide bonds. The van der Waals surface area contributed by atoms with Gasteiger partial charge < -0.3 is 21.2 Å². The van der Waals surface area contributed by atoms with Gasteiger partial charge in [-0.05, 0) is 26.3 Å². The van der Waals surface area contributed by atoms with Gasteiger partial charge in [0, 0.05) is 19.5 Å². The molecule has 0 unspecified atom stereocenters. The molecule has 1 aliphatic rings. The van der Waals surface area contributed by atoms with Gasteiger partial charge in [0.2, 0.25) is 5.91 Å². The predicted molar refractivity (Wildman–Crippen MR) is 65.9 cm³/mol. The maximum Gasteiger partial charge on any atom is 0.220 e. The molecule has 0 aromatic heterocycles. The van der Waals surface area contributed by atoms with Crippen molar-refractivity contribution >= 4 is 11.7 Å². The van der Waals surface area contributed by atoms with Crippen LogP contribution in [0.5, 0.6) is 0 Å². The Kier molecular flexibility index (Phi) is 4.74. The molecule has 0 radical (unpaired) electrons. The summed E-state index contributed by atoms with van der Waals surface area (Å²) in [6, 6.07) is 0. The van der Waals surface area contributed by atoms with Gasteiger partial charge in [0.15, 0.2) is 5.84 Å². The summed E-state index contributed by atoms with van der Waals surface area (Å²) < 4.78 is 0. The van der Waals surface area contributed by atoms with E-state index in [-0.39, 0.29) is 11.7 Å². The molecular formula is C11H22N4O2. The molecule has 1 fully saturated rings. The molecule has 6 nitrogen and oxygen atoms in total. The summed E-state index contributed by atoms with van der Waals surface area (Å²) >= 11 is 0. The Bertz CT molecular complexity index is 296. The highest BCUT2D eigenvalue weighted by Gasteiger charge is 2.39. The summed E-state index contributed by atoms with van der Waals surface area (Å²) in [5, 5.41) is 14.9. The number of rotatable bonds is 4. The van der Waals surface area contributed by atoms with Crippen molar-refractivity contribution in [3.8, 4) is 0 Å². The first-order valence-corrected chi connectivity index (χ1v) is 6.01. The molecular weight excluding hydrogens is 220 g/mol. The van der Waals surface area contributed by atoms with Gasteiger partial charge in [-0.2, -0.15) is 0 Å². The lowest BCUT2D eigenvalue weighted by atomic mass is 9.86. The highest BCUT2D eigenvalue weighted by atomic mass is 16.4. The first kappa shape index (κ1) is 13.8. The number of amides is 1. The quantitative estimate of drug-likeness (QED) is 0.282. The lowest BCUT2D eigenvalue weighted by molar-refractivity contribution is -0.122. The first-order chi connectivity index (χ1) is 8.04. The number of oxime groups is 1. The normalized spacial score (nSPS) is 21.2. The molecule has 17 heavy (non-hydrogen) atoms. The second-order valence-electron chi connectivity index (χ2n) is 4.67. The molecule has 6 heteroatoms. The average Bonchev–Trinajstić information content (AvgIpc) is 2.31. The van der Waals surface area contributed by atoms with E-state index < -0.39 is 5.54 Å². The van der Waals surface area contributed by atoms with Crippen LogP contribution in [0.4, 0.5) is 0 Å². The fourth-order valence-electron chi connectivity index (χ4n) is 2.10.